The Hall–Kier alpha value is -6.20. The fourth-order valence-electron chi connectivity index (χ4n) is 12.0. The van der Waals surface area contributed by atoms with Crippen LogP contribution in [-0.4, -0.2) is 207 Å². The number of halogens is 2. The molecule has 4 aromatic heterocycles. The molecule has 0 atom stereocenters. The molecule has 614 valence electrons. The van der Waals surface area contributed by atoms with Gasteiger partial charge < -0.3 is 95.6 Å². The van der Waals surface area contributed by atoms with Gasteiger partial charge in [-0.05, 0) is 152 Å². The fraction of sp³-hybridized carbons (Fsp3) is 0.684. The van der Waals surface area contributed by atoms with E-state index < -0.39 is 22.9 Å². The molecule has 7 fully saturated rings. The van der Waals surface area contributed by atoms with Gasteiger partial charge in [-0.3, -0.25) is 9.97 Å². The number of aliphatic hydroxyl groups excluding tert-OH is 1. The van der Waals surface area contributed by atoms with E-state index in [4.69, 9.17) is 83.9 Å². The Morgan fingerprint density at radius 3 is 1.20 bits per heavy atom. The molecular formula is C76H120BCl2N12O17Pd-. The second kappa shape index (κ2) is 44.9. The normalized spacial score (nSPS) is 23.7. The van der Waals surface area contributed by atoms with Crippen LogP contribution in [0.15, 0.2) is 67.2 Å². The molecule has 0 radical (unpaired) electrons. The van der Waals surface area contributed by atoms with Gasteiger partial charge in [0.05, 0.1) is 37.6 Å². The number of nitrogens with zero attached hydrogens (tertiary/aromatic N) is 8. The minimum absolute atomic E-state index is 0. The predicted octanol–water partition coefficient (Wildman–Crippen LogP) is 12.4. The van der Waals surface area contributed by atoms with Gasteiger partial charge in [0.1, 0.15) is 58.3 Å². The number of amides is 3. The Morgan fingerprint density at radius 2 is 0.835 bits per heavy atom. The van der Waals surface area contributed by atoms with Crippen molar-refractivity contribution in [3.63, 3.8) is 0 Å². The molecule has 3 saturated heterocycles. The summed E-state index contributed by atoms with van der Waals surface area (Å²) >= 11 is 5.85. The van der Waals surface area contributed by atoms with Gasteiger partial charge in [0, 0.05) is 178 Å². The maximum atomic E-state index is 11.8. The van der Waals surface area contributed by atoms with Crippen LogP contribution in [0.3, 0.4) is 0 Å². The topological polar surface area (TPSA) is 357 Å². The van der Waals surface area contributed by atoms with E-state index in [0.29, 0.717) is 74.1 Å². The Balaban J connectivity index is 0.000000286. The summed E-state index contributed by atoms with van der Waals surface area (Å²) in [6.45, 7) is 30.7. The Kier molecular flexibility index (Phi) is 39.2. The Labute approximate surface area is 670 Å². The molecule has 29 nitrogen and oxygen atoms in total. The first-order chi connectivity index (χ1) is 49.9. The number of carbonyl (C=O) groups is 3. The summed E-state index contributed by atoms with van der Waals surface area (Å²) in [7, 11) is 0.818. The predicted molar refractivity (Wildman–Crippen MR) is 412 cm³/mol. The number of ether oxygens (including phenoxy) is 11. The summed E-state index contributed by atoms with van der Waals surface area (Å²) in [5, 5.41) is 15.8. The van der Waals surface area contributed by atoms with E-state index in [1.165, 1.54) is 17.9 Å². The van der Waals surface area contributed by atoms with Crippen LogP contribution in [0.5, 0.6) is 23.5 Å². The summed E-state index contributed by atoms with van der Waals surface area (Å²) in [6.07, 6.45) is 28.2. The number of nitrogens with one attached hydrogen (secondary N) is 3. The van der Waals surface area contributed by atoms with Crippen molar-refractivity contribution in [3.8, 4) is 23.5 Å². The molecule has 9 aliphatic rings. The van der Waals surface area contributed by atoms with Crippen LogP contribution in [0.2, 0.25) is 5.15 Å². The van der Waals surface area contributed by atoms with Gasteiger partial charge in [0.15, 0.2) is 5.15 Å². The second-order valence-electron chi connectivity index (χ2n) is 31.0. The maximum Gasteiger partial charge on any atom is 0.490 e. The third kappa shape index (κ3) is 31.4. The van der Waals surface area contributed by atoms with Gasteiger partial charge in [-0.25, -0.2) is 44.3 Å². The number of aromatic nitrogens is 8. The molecule has 4 saturated carbocycles. The molecule has 4 aromatic rings. The van der Waals surface area contributed by atoms with Gasteiger partial charge in [0.25, 0.3) is 5.88 Å². The summed E-state index contributed by atoms with van der Waals surface area (Å²) in [5.74, 6) is 2.95. The van der Waals surface area contributed by atoms with E-state index in [1.807, 2.05) is 68.4 Å². The van der Waals surface area contributed by atoms with Gasteiger partial charge in [0.2, 0.25) is 17.6 Å². The van der Waals surface area contributed by atoms with Crippen molar-refractivity contribution in [3.05, 3.63) is 96.9 Å². The zero-order chi connectivity index (χ0) is 76.0. The van der Waals surface area contributed by atoms with E-state index in [1.54, 1.807) is 37.2 Å². The zero-order valence-electron chi connectivity index (χ0n) is 65.4. The third-order valence-corrected chi connectivity index (χ3v) is 18.7. The molecule has 0 unspecified atom stereocenters. The average Bonchev–Trinajstić information content (AvgIpc) is 1.63. The van der Waals surface area contributed by atoms with Crippen LogP contribution >= 0.6 is 24.0 Å². The molecule has 109 heavy (non-hydrogen) atoms. The molecule has 33 heteroatoms. The molecule has 9 heterocycles. The number of hydrogen-bond acceptors (Lipinski definition) is 26. The van der Waals surface area contributed by atoms with Crippen molar-refractivity contribution in [2.75, 3.05) is 60.0 Å². The smallest absolute Gasteiger partial charge is 0.473 e. The molecule has 6 N–H and O–H groups in total. The monoisotopic (exact) mass is 1660 g/mol. The van der Waals surface area contributed by atoms with Crippen molar-refractivity contribution in [2.24, 2.45) is 5.73 Å². The first-order valence-electron chi connectivity index (χ1n) is 36.7. The summed E-state index contributed by atoms with van der Waals surface area (Å²) in [6, 6.07) is 0.508. The van der Waals surface area contributed by atoms with Gasteiger partial charge >= 0.3 is 25.4 Å². The average molecular weight is 1660 g/mol. The third-order valence-electron chi connectivity index (χ3n) is 18.4. The van der Waals surface area contributed by atoms with E-state index in [0.717, 1.165) is 140 Å². The molecule has 3 amide bonds. The first-order valence-corrected chi connectivity index (χ1v) is 37.1. The van der Waals surface area contributed by atoms with Crippen molar-refractivity contribution < 1.29 is 101 Å². The number of rotatable bonds is 15. The quantitative estimate of drug-likeness (QED) is 0.0419. The number of hydrogen-bond donors (Lipinski definition) is 5. The first kappa shape index (κ1) is 95.2. The molecule has 5 aliphatic heterocycles. The van der Waals surface area contributed by atoms with Crippen molar-refractivity contribution in [2.45, 2.75) is 276 Å². The summed E-state index contributed by atoms with van der Waals surface area (Å²) in [4.78, 5) is 69.4. The molecule has 4 aliphatic carbocycles. The number of aliphatic hydroxyl groups is 1. The van der Waals surface area contributed by atoms with Crippen LogP contribution in [0.25, 0.3) is 5.57 Å². The van der Waals surface area contributed by atoms with Crippen LogP contribution in [-0.2, 0) is 62.9 Å². The van der Waals surface area contributed by atoms with Crippen molar-refractivity contribution >= 4 is 55.0 Å². The molecule has 0 spiro atoms. The van der Waals surface area contributed by atoms with Crippen molar-refractivity contribution in [1.29, 1.82) is 0 Å². The maximum absolute atomic E-state index is 11.8. The minimum atomic E-state index is -0.490. The Bertz CT molecular complexity index is 3430. The van der Waals surface area contributed by atoms with Crippen molar-refractivity contribution in [1.82, 2.24) is 55.8 Å². The molecule has 0 bridgehead atoms. The van der Waals surface area contributed by atoms with E-state index in [2.05, 4.69) is 89.6 Å². The number of carbonyl (C=O) groups excluding carboxylic acids is 3. The number of nitrogens with two attached hydrogens (primary N) is 1. The van der Waals surface area contributed by atoms with Gasteiger partial charge in [-0.2, -0.15) is 0 Å². The van der Waals surface area contributed by atoms with E-state index >= 15 is 0 Å². The largest absolute Gasteiger partial charge is 0.490 e. The van der Waals surface area contributed by atoms with E-state index in [9.17, 15) is 14.4 Å². The van der Waals surface area contributed by atoms with Gasteiger partial charge in [-0.15, -0.1) is 12.4 Å². The van der Waals surface area contributed by atoms with Crippen LogP contribution in [0.4, 0.5) is 14.4 Å². The van der Waals surface area contributed by atoms with Crippen LogP contribution in [0, 0.1) is 7.43 Å². The summed E-state index contributed by atoms with van der Waals surface area (Å²) in [5.41, 5.74) is 8.86. The summed E-state index contributed by atoms with van der Waals surface area (Å²) < 4.78 is 72.6. The van der Waals surface area contributed by atoms with Crippen LogP contribution in [0.1, 0.15) is 216 Å². The standard InChI is InChI=1S/C18H27N3O4.C18H25N3O4.C13H18ClN3O3.C13H19N3O2.C11H19BO3.CH4O.CH4.CH3.ClH.Pd/c2*1-18(2,3)25-17(22)21-13-10-14(11-13)24-16-15(19-6-7-20-16)12-4-8-23-9-5-12;1-13(2,3)20-12(18)17-8-6-9(7-8)19-11-10(14)15-4-5-16-11;14-10-7-11(8-10)18-13-12(15-3-4-16-13)9-1-5-17-6-2-9;1-10(2)11(3,4)15-12(14-10)9-5-7-13-8-6-9;1-2;;;;/h6-7,12-14H,4-5,8-11H2,1-3H3,(H,21,22);4,6-7,13-14H,5,8-11H2,1-3H3,(H,21,22);4-5,8-9H,6-7H2,1-3H3,(H,17,18);3-4,9-11H,1-2,5-8,14H2;5H,6-8H2,1-4H3;2H,1H3;1H4;1H3;1H;/q;;;;;;;-1;;. The number of alkyl carbamates (subject to hydrolysis) is 3. The molecular weight excluding hydrogens is 1540 g/mol. The minimum Gasteiger partial charge on any atom is -0.473 e. The van der Waals surface area contributed by atoms with Crippen LogP contribution < -0.4 is 40.6 Å². The van der Waals surface area contributed by atoms with Gasteiger partial charge in [-0.1, -0.05) is 31.2 Å². The molecule has 0 aromatic carbocycles. The van der Waals surface area contributed by atoms with E-state index in [-0.39, 0.29) is 126 Å². The molecule has 13 rings (SSSR count). The fourth-order valence-corrected chi connectivity index (χ4v) is 12.1. The zero-order valence-corrected chi connectivity index (χ0v) is 68.5. The Morgan fingerprint density at radius 1 is 0.495 bits per heavy atom. The second-order valence-corrected chi connectivity index (χ2v) is 31.4. The SMILES string of the molecule is C.CC(C)(C)OC(=O)NC1CC(Oc2nccnc2C2=CCOCC2)C1.CC(C)(C)OC(=O)NC1CC(Oc2nccnc2C2CCOCC2)C1.CC(C)(C)OC(=O)NC1CC(Oc2nccnc2Cl)C1.CC1(C)OB(C2=CCOCC2)OC1(C)C.CO.Cl.NC1CC(Oc2nccnc2C2CCOCC2)C1.[CH3-].[Pd].